The summed E-state index contributed by atoms with van der Waals surface area (Å²) in [5.41, 5.74) is 1.97. The van der Waals surface area contributed by atoms with E-state index >= 15 is 0 Å². The minimum Gasteiger partial charge on any atom is -0.305 e. The van der Waals surface area contributed by atoms with Crippen LogP contribution in [-0.2, 0) is 11.2 Å². The Morgan fingerprint density at radius 2 is 2.22 bits per heavy atom. The molecule has 0 fully saturated rings. The lowest BCUT2D eigenvalue weighted by Crippen LogP contribution is -2.33. The zero-order valence-corrected chi connectivity index (χ0v) is 15.7. The van der Waals surface area contributed by atoms with Crippen LogP contribution in [0.5, 0.6) is 0 Å². The summed E-state index contributed by atoms with van der Waals surface area (Å²) in [6.07, 6.45) is 7.28. The molecule has 2 aromatic rings. The predicted octanol–water partition coefficient (Wildman–Crippen LogP) is 4.12. The van der Waals surface area contributed by atoms with Crippen LogP contribution >= 0.6 is 23.1 Å². The minimum atomic E-state index is 0.0589. The number of aryl methyl sites for hydroxylation is 1. The van der Waals surface area contributed by atoms with Crippen LogP contribution in [0.2, 0.25) is 0 Å². The summed E-state index contributed by atoms with van der Waals surface area (Å²) in [6.45, 7) is 4.14. The first kappa shape index (κ1) is 17.9. The van der Waals surface area contributed by atoms with Crippen LogP contribution in [0.15, 0.2) is 24.5 Å². The van der Waals surface area contributed by atoms with Gasteiger partial charge in [-0.2, -0.15) is 11.8 Å². The van der Waals surface area contributed by atoms with Crippen molar-refractivity contribution >= 4 is 34.0 Å². The molecule has 0 aromatic carbocycles. The molecule has 124 valence electrons. The van der Waals surface area contributed by atoms with Gasteiger partial charge in [0, 0.05) is 36.7 Å². The molecule has 0 aliphatic rings. The highest BCUT2D eigenvalue weighted by molar-refractivity contribution is 7.98. The second-order valence-corrected chi connectivity index (χ2v) is 7.21. The highest BCUT2D eigenvalue weighted by Gasteiger charge is 2.25. The molecule has 0 aliphatic heterocycles. The molecule has 2 rings (SSSR count). The average Bonchev–Trinajstić information content (AvgIpc) is 3.03. The first-order chi connectivity index (χ1) is 11.1. The maximum Gasteiger partial charge on any atom is 0.231 e. The molecule has 0 radical (unpaired) electrons. The number of carbonyl (C=O) groups is 1. The molecule has 0 saturated carbocycles. The maximum absolute atomic E-state index is 12.8. The fourth-order valence-corrected chi connectivity index (χ4v) is 4.28. The molecule has 0 bridgehead atoms. The standard InChI is InChI=1S/C17H23N3OS2/c1-5-12(11-22-4)16(21)20(3)17-14(6-2)19-15(23-17)13-8-7-9-18-10-13/h7-10,12H,5-6,11H2,1-4H3. The molecule has 2 heterocycles. The summed E-state index contributed by atoms with van der Waals surface area (Å²) >= 11 is 3.29. The third-order valence-corrected chi connectivity index (χ3v) is 5.72. The number of pyridine rings is 1. The number of hydrogen-bond donors (Lipinski definition) is 0. The zero-order valence-electron chi connectivity index (χ0n) is 14.1. The summed E-state index contributed by atoms with van der Waals surface area (Å²) < 4.78 is 0. The van der Waals surface area contributed by atoms with E-state index in [-0.39, 0.29) is 11.8 Å². The normalized spacial score (nSPS) is 12.2. The Morgan fingerprint density at radius 1 is 1.43 bits per heavy atom. The van der Waals surface area contributed by atoms with Crippen molar-refractivity contribution in [1.29, 1.82) is 0 Å². The van der Waals surface area contributed by atoms with E-state index in [1.54, 1.807) is 34.2 Å². The molecule has 0 N–H and O–H groups in total. The predicted molar refractivity (Wildman–Crippen MR) is 100 cm³/mol. The molecular weight excluding hydrogens is 326 g/mol. The second-order valence-electron chi connectivity index (χ2n) is 5.32. The Morgan fingerprint density at radius 3 is 2.78 bits per heavy atom. The number of amides is 1. The van der Waals surface area contributed by atoms with Crippen molar-refractivity contribution in [2.75, 3.05) is 24.0 Å². The van der Waals surface area contributed by atoms with Crippen LogP contribution in [0.1, 0.15) is 26.0 Å². The molecule has 0 spiro atoms. The van der Waals surface area contributed by atoms with Gasteiger partial charge in [0.15, 0.2) is 0 Å². The van der Waals surface area contributed by atoms with E-state index in [0.717, 1.165) is 39.9 Å². The number of nitrogens with zero attached hydrogens (tertiary/aromatic N) is 3. The van der Waals surface area contributed by atoms with Crippen molar-refractivity contribution in [2.45, 2.75) is 26.7 Å². The molecule has 1 unspecified atom stereocenters. The van der Waals surface area contributed by atoms with Crippen molar-refractivity contribution in [1.82, 2.24) is 9.97 Å². The molecular formula is C17H23N3OS2. The minimum absolute atomic E-state index is 0.0589. The quantitative estimate of drug-likeness (QED) is 0.754. The molecule has 23 heavy (non-hydrogen) atoms. The van der Waals surface area contributed by atoms with E-state index in [9.17, 15) is 4.79 Å². The van der Waals surface area contributed by atoms with Gasteiger partial charge in [0.05, 0.1) is 5.69 Å². The molecule has 0 saturated heterocycles. The Labute approximate surface area is 146 Å². The van der Waals surface area contributed by atoms with Gasteiger partial charge in [0.2, 0.25) is 5.91 Å². The first-order valence-electron chi connectivity index (χ1n) is 7.78. The van der Waals surface area contributed by atoms with Gasteiger partial charge >= 0.3 is 0 Å². The number of hydrogen-bond acceptors (Lipinski definition) is 5. The average molecular weight is 350 g/mol. The largest absolute Gasteiger partial charge is 0.305 e. The monoisotopic (exact) mass is 349 g/mol. The lowest BCUT2D eigenvalue weighted by Gasteiger charge is -2.21. The van der Waals surface area contributed by atoms with E-state index < -0.39 is 0 Å². The van der Waals surface area contributed by atoms with Crippen molar-refractivity contribution in [3.8, 4) is 10.6 Å². The number of rotatable bonds is 7. The zero-order chi connectivity index (χ0) is 16.8. The third kappa shape index (κ3) is 4.12. The Bertz CT molecular complexity index is 643. The van der Waals surface area contributed by atoms with Gasteiger partial charge in [-0.3, -0.25) is 9.78 Å². The van der Waals surface area contributed by atoms with Gasteiger partial charge in [-0.15, -0.1) is 0 Å². The highest BCUT2D eigenvalue weighted by Crippen LogP contribution is 2.35. The van der Waals surface area contributed by atoms with E-state index in [1.165, 1.54) is 0 Å². The van der Waals surface area contributed by atoms with Crippen molar-refractivity contribution in [2.24, 2.45) is 5.92 Å². The third-order valence-electron chi connectivity index (χ3n) is 3.77. The lowest BCUT2D eigenvalue weighted by atomic mass is 10.1. The van der Waals surface area contributed by atoms with Crippen LogP contribution in [0, 0.1) is 5.92 Å². The van der Waals surface area contributed by atoms with Gasteiger partial charge in [-0.05, 0) is 31.2 Å². The van der Waals surface area contributed by atoms with Gasteiger partial charge in [-0.25, -0.2) is 4.98 Å². The van der Waals surface area contributed by atoms with E-state index in [1.807, 2.05) is 31.6 Å². The van der Waals surface area contributed by atoms with Gasteiger partial charge in [0.1, 0.15) is 10.0 Å². The topological polar surface area (TPSA) is 46.1 Å². The van der Waals surface area contributed by atoms with Crippen LogP contribution in [0.4, 0.5) is 5.00 Å². The first-order valence-corrected chi connectivity index (χ1v) is 9.99. The summed E-state index contributed by atoms with van der Waals surface area (Å²) in [4.78, 5) is 23.4. The number of thioether (sulfide) groups is 1. The van der Waals surface area contributed by atoms with Crippen LogP contribution in [0.25, 0.3) is 10.6 Å². The van der Waals surface area contributed by atoms with Gasteiger partial charge < -0.3 is 4.90 Å². The Hall–Kier alpha value is -1.40. The fraction of sp³-hybridized carbons (Fsp3) is 0.471. The second kappa shape index (κ2) is 8.45. The molecule has 1 amide bonds. The number of aromatic nitrogens is 2. The lowest BCUT2D eigenvalue weighted by molar-refractivity contribution is -0.121. The number of thiazole rings is 1. The maximum atomic E-state index is 12.8. The number of anilines is 1. The SMILES string of the molecule is CCc1nc(-c2cccnc2)sc1N(C)C(=O)C(CC)CSC. The summed E-state index contributed by atoms with van der Waals surface area (Å²) in [7, 11) is 1.87. The number of carbonyl (C=O) groups excluding carboxylic acids is 1. The van der Waals surface area contributed by atoms with Crippen LogP contribution < -0.4 is 4.90 Å². The summed E-state index contributed by atoms with van der Waals surface area (Å²) in [6, 6.07) is 3.90. The van der Waals surface area contributed by atoms with Crippen molar-refractivity contribution < 1.29 is 4.79 Å². The van der Waals surface area contributed by atoms with Crippen LogP contribution in [-0.4, -0.2) is 34.9 Å². The van der Waals surface area contributed by atoms with Crippen molar-refractivity contribution in [3.63, 3.8) is 0 Å². The molecule has 0 aliphatic carbocycles. The van der Waals surface area contributed by atoms with Gasteiger partial charge in [0.25, 0.3) is 0 Å². The molecule has 6 heteroatoms. The summed E-state index contributed by atoms with van der Waals surface area (Å²) in [5, 5.41) is 1.87. The van der Waals surface area contributed by atoms with E-state index in [2.05, 4.69) is 18.8 Å². The van der Waals surface area contributed by atoms with E-state index in [4.69, 9.17) is 4.98 Å². The smallest absolute Gasteiger partial charge is 0.231 e. The van der Waals surface area contributed by atoms with E-state index in [0.29, 0.717) is 0 Å². The fourth-order valence-electron chi connectivity index (χ4n) is 2.39. The Balaban J connectivity index is 2.31. The van der Waals surface area contributed by atoms with Crippen LogP contribution in [0.3, 0.4) is 0 Å². The summed E-state index contributed by atoms with van der Waals surface area (Å²) in [5.74, 6) is 1.09. The molecule has 2 aromatic heterocycles. The van der Waals surface area contributed by atoms with Gasteiger partial charge in [-0.1, -0.05) is 25.2 Å². The molecule has 1 atom stereocenters. The van der Waals surface area contributed by atoms with Crippen molar-refractivity contribution in [3.05, 3.63) is 30.2 Å². The highest BCUT2D eigenvalue weighted by atomic mass is 32.2. The molecule has 4 nitrogen and oxygen atoms in total. The Kier molecular flexibility index (Phi) is 6.59.